The third kappa shape index (κ3) is 3.07. The molecule has 1 aliphatic heterocycles. The maximum absolute atomic E-state index is 13.2. The number of ether oxygens (including phenoxy) is 1. The van der Waals surface area contributed by atoms with Gasteiger partial charge < -0.3 is 10.1 Å². The smallest absolute Gasteiger partial charge is 0.226 e. The van der Waals surface area contributed by atoms with Gasteiger partial charge in [0.15, 0.2) is 11.6 Å². The van der Waals surface area contributed by atoms with Crippen molar-refractivity contribution in [3.05, 3.63) is 65.6 Å². The average molecular weight is 401 g/mol. The van der Waals surface area contributed by atoms with Crippen LogP contribution in [0.5, 0.6) is 5.75 Å². The molecule has 1 unspecified atom stereocenters. The van der Waals surface area contributed by atoms with E-state index in [4.69, 9.17) is 14.8 Å². The average Bonchev–Trinajstić information content (AvgIpc) is 3.15. The van der Waals surface area contributed by atoms with Crippen LogP contribution in [0.2, 0.25) is 0 Å². The number of anilines is 1. The fourth-order valence-electron chi connectivity index (χ4n) is 4.32. The number of Topliss-reactive ketones (excluding diaryl/α,β-unsaturated/α-hetero) is 1. The molecule has 3 heterocycles. The van der Waals surface area contributed by atoms with Crippen molar-refractivity contribution in [3.8, 4) is 17.1 Å². The number of fused-ring (bicyclic) bond motifs is 1. The number of rotatable bonds is 3. The highest BCUT2D eigenvalue weighted by Crippen LogP contribution is 2.45. The maximum atomic E-state index is 13.2. The highest BCUT2D eigenvalue weighted by atomic mass is 16.5. The molecular formula is C23H23N5O2. The van der Waals surface area contributed by atoms with Crippen molar-refractivity contribution in [3.63, 3.8) is 0 Å². The number of hydrogen-bond acceptors (Lipinski definition) is 6. The molecule has 0 radical (unpaired) electrons. The second kappa shape index (κ2) is 6.79. The van der Waals surface area contributed by atoms with Gasteiger partial charge in [0.2, 0.25) is 5.95 Å². The van der Waals surface area contributed by atoms with Gasteiger partial charge in [0.1, 0.15) is 11.8 Å². The topological polar surface area (TPSA) is 81.9 Å². The number of nitrogens with zero attached hydrogens (tertiary/aromatic N) is 4. The lowest BCUT2D eigenvalue weighted by Gasteiger charge is -2.38. The summed E-state index contributed by atoms with van der Waals surface area (Å²) in [6.07, 6.45) is 4.83. The quantitative estimate of drug-likeness (QED) is 0.714. The SMILES string of the molecule is COc1ccc(-c2nc3n(n2)C(c2cccnc2)C2=C(CC(C)(C)CC2=O)N3)cc1. The number of carbonyl (C=O) groups is 1. The summed E-state index contributed by atoms with van der Waals surface area (Å²) in [5.41, 5.74) is 3.41. The lowest BCUT2D eigenvalue weighted by molar-refractivity contribution is -0.118. The molecule has 0 saturated heterocycles. The van der Waals surface area contributed by atoms with E-state index in [1.54, 1.807) is 19.5 Å². The number of carbonyl (C=O) groups excluding carboxylic acids is 1. The molecule has 0 spiro atoms. The lowest BCUT2D eigenvalue weighted by Crippen LogP contribution is -2.36. The van der Waals surface area contributed by atoms with E-state index in [0.717, 1.165) is 34.6 Å². The maximum Gasteiger partial charge on any atom is 0.226 e. The van der Waals surface area contributed by atoms with Crippen LogP contribution in [-0.2, 0) is 4.79 Å². The zero-order chi connectivity index (χ0) is 20.9. The number of pyridine rings is 1. The molecule has 2 aromatic heterocycles. The van der Waals surface area contributed by atoms with E-state index in [9.17, 15) is 4.79 Å². The number of benzene rings is 1. The Morgan fingerprint density at radius 3 is 2.67 bits per heavy atom. The second-order valence-corrected chi connectivity index (χ2v) is 8.58. The van der Waals surface area contributed by atoms with E-state index < -0.39 is 0 Å². The Labute approximate surface area is 174 Å². The highest BCUT2D eigenvalue weighted by molar-refractivity contribution is 6.00. The highest BCUT2D eigenvalue weighted by Gasteiger charge is 2.41. The van der Waals surface area contributed by atoms with E-state index in [1.165, 1.54) is 0 Å². The van der Waals surface area contributed by atoms with Crippen molar-refractivity contribution in [2.75, 3.05) is 12.4 Å². The molecule has 1 aliphatic carbocycles. The first-order valence-electron chi connectivity index (χ1n) is 9.99. The molecule has 3 aromatic rings. The number of ketones is 1. The van der Waals surface area contributed by atoms with Crippen molar-refractivity contribution in [2.24, 2.45) is 5.41 Å². The molecule has 0 fully saturated rings. The summed E-state index contributed by atoms with van der Waals surface area (Å²) in [5.74, 6) is 2.16. The van der Waals surface area contributed by atoms with Crippen LogP contribution >= 0.6 is 0 Å². The molecule has 0 saturated carbocycles. The van der Waals surface area contributed by atoms with Gasteiger partial charge in [-0.05, 0) is 47.7 Å². The van der Waals surface area contributed by atoms with E-state index >= 15 is 0 Å². The van der Waals surface area contributed by atoms with Gasteiger partial charge in [-0.15, -0.1) is 5.10 Å². The van der Waals surface area contributed by atoms with Crippen molar-refractivity contribution < 1.29 is 9.53 Å². The molecule has 7 nitrogen and oxygen atoms in total. The second-order valence-electron chi connectivity index (χ2n) is 8.58. The van der Waals surface area contributed by atoms with Gasteiger partial charge in [-0.1, -0.05) is 19.9 Å². The van der Waals surface area contributed by atoms with Gasteiger partial charge in [0.05, 0.1) is 7.11 Å². The van der Waals surface area contributed by atoms with Crippen LogP contribution in [0.15, 0.2) is 60.1 Å². The minimum Gasteiger partial charge on any atom is -0.497 e. The summed E-state index contributed by atoms with van der Waals surface area (Å²) in [6.45, 7) is 4.25. The first kappa shape index (κ1) is 18.5. The monoisotopic (exact) mass is 401 g/mol. The third-order valence-corrected chi connectivity index (χ3v) is 5.68. The number of nitrogens with one attached hydrogen (secondary N) is 1. The van der Waals surface area contributed by atoms with E-state index in [-0.39, 0.29) is 17.2 Å². The number of aromatic nitrogens is 4. The van der Waals surface area contributed by atoms with Crippen LogP contribution in [0.3, 0.4) is 0 Å². The van der Waals surface area contributed by atoms with Crippen LogP contribution in [0.1, 0.15) is 38.3 Å². The van der Waals surface area contributed by atoms with Crippen LogP contribution in [0, 0.1) is 5.41 Å². The van der Waals surface area contributed by atoms with Gasteiger partial charge in [-0.25, -0.2) is 4.68 Å². The first-order valence-corrected chi connectivity index (χ1v) is 9.99. The van der Waals surface area contributed by atoms with Crippen molar-refractivity contribution in [1.29, 1.82) is 0 Å². The van der Waals surface area contributed by atoms with Gasteiger partial charge in [0.25, 0.3) is 0 Å². The van der Waals surface area contributed by atoms with Gasteiger partial charge >= 0.3 is 0 Å². The van der Waals surface area contributed by atoms with Gasteiger partial charge in [-0.3, -0.25) is 9.78 Å². The lowest BCUT2D eigenvalue weighted by atomic mass is 9.73. The van der Waals surface area contributed by atoms with E-state index in [0.29, 0.717) is 18.2 Å². The van der Waals surface area contributed by atoms with Crippen LogP contribution in [0.4, 0.5) is 5.95 Å². The Bertz CT molecular complexity index is 1150. The van der Waals surface area contributed by atoms with E-state index in [1.807, 2.05) is 41.1 Å². The molecule has 5 rings (SSSR count). The summed E-state index contributed by atoms with van der Waals surface area (Å²) in [5, 5.41) is 8.18. The largest absolute Gasteiger partial charge is 0.497 e. The summed E-state index contributed by atoms with van der Waals surface area (Å²) in [4.78, 5) is 22.2. The molecule has 1 aromatic carbocycles. The minimum atomic E-state index is -0.340. The fraction of sp³-hybridized carbons (Fsp3) is 0.304. The molecule has 30 heavy (non-hydrogen) atoms. The van der Waals surface area contributed by atoms with Crippen molar-refractivity contribution >= 4 is 11.7 Å². The molecule has 7 heteroatoms. The predicted octanol–water partition coefficient (Wildman–Crippen LogP) is 4.01. The molecule has 152 valence electrons. The molecule has 0 bridgehead atoms. The Kier molecular flexibility index (Phi) is 4.20. The summed E-state index contributed by atoms with van der Waals surface area (Å²) in [7, 11) is 1.64. The summed E-state index contributed by atoms with van der Waals surface area (Å²) in [6, 6.07) is 11.2. The predicted molar refractivity (Wildman–Crippen MR) is 113 cm³/mol. The third-order valence-electron chi connectivity index (χ3n) is 5.68. The van der Waals surface area contributed by atoms with Crippen LogP contribution < -0.4 is 10.1 Å². The Hall–Kier alpha value is -3.48. The number of hydrogen-bond donors (Lipinski definition) is 1. The number of methoxy groups -OCH3 is 1. The first-order chi connectivity index (χ1) is 14.4. The summed E-state index contributed by atoms with van der Waals surface area (Å²) >= 11 is 0. The van der Waals surface area contributed by atoms with E-state index in [2.05, 4.69) is 24.1 Å². The molecule has 0 amide bonds. The number of allylic oxidation sites excluding steroid dienone is 2. The zero-order valence-electron chi connectivity index (χ0n) is 17.2. The molecule has 1 N–H and O–H groups in total. The van der Waals surface area contributed by atoms with Crippen molar-refractivity contribution in [1.82, 2.24) is 19.7 Å². The van der Waals surface area contributed by atoms with Gasteiger partial charge in [0, 0.05) is 35.6 Å². The Morgan fingerprint density at radius 2 is 1.97 bits per heavy atom. The Morgan fingerprint density at radius 1 is 1.17 bits per heavy atom. The van der Waals surface area contributed by atoms with Crippen LogP contribution in [-0.4, -0.2) is 32.6 Å². The normalized spacial score (nSPS) is 19.7. The summed E-state index contributed by atoms with van der Waals surface area (Å²) < 4.78 is 7.06. The Balaban J connectivity index is 1.64. The fourth-order valence-corrected chi connectivity index (χ4v) is 4.32. The van der Waals surface area contributed by atoms with Crippen molar-refractivity contribution in [2.45, 2.75) is 32.7 Å². The standard InChI is InChI=1S/C23H23N5O2/c1-23(2)11-17-19(18(29)12-23)20(15-5-4-10-24-13-15)28-22(25-17)26-21(27-28)14-6-8-16(30-3)9-7-14/h4-10,13,20H,11-12H2,1-3H3,(H,25,26,27). The molecule has 2 aliphatic rings. The zero-order valence-corrected chi connectivity index (χ0v) is 17.2. The van der Waals surface area contributed by atoms with Gasteiger partial charge in [-0.2, -0.15) is 4.98 Å². The molecular weight excluding hydrogens is 378 g/mol. The molecule has 1 atom stereocenters. The van der Waals surface area contributed by atoms with Crippen LogP contribution in [0.25, 0.3) is 11.4 Å². The minimum absolute atomic E-state index is 0.0938.